The summed E-state index contributed by atoms with van der Waals surface area (Å²) in [5.74, 6) is 2.83. The predicted molar refractivity (Wildman–Crippen MR) is 125 cm³/mol. The number of fused-ring (bicyclic) bond motifs is 1. The van der Waals surface area contributed by atoms with E-state index >= 15 is 0 Å². The van der Waals surface area contributed by atoms with Gasteiger partial charge in [0, 0.05) is 38.4 Å². The molecule has 1 heterocycles. The molecule has 1 fully saturated rings. The van der Waals surface area contributed by atoms with E-state index in [1.807, 2.05) is 0 Å². The van der Waals surface area contributed by atoms with E-state index in [4.69, 9.17) is 9.47 Å². The van der Waals surface area contributed by atoms with Crippen molar-refractivity contribution in [1.29, 1.82) is 0 Å². The molecule has 1 aliphatic heterocycles. The summed E-state index contributed by atoms with van der Waals surface area (Å²) in [6, 6.07) is 26.0. The van der Waals surface area contributed by atoms with Crippen LogP contribution in [0.1, 0.15) is 35.1 Å². The van der Waals surface area contributed by atoms with Crippen molar-refractivity contribution < 1.29 is 9.47 Å². The van der Waals surface area contributed by atoms with Gasteiger partial charge in [-0.1, -0.05) is 67.6 Å². The Labute approximate surface area is 185 Å². The summed E-state index contributed by atoms with van der Waals surface area (Å²) in [4.78, 5) is 2.57. The highest BCUT2D eigenvalue weighted by Crippen LogP contribution is 2.39. The first-order valence-corrected chi connectivity index (χ1v) is 11.4. The fraction of sp³-hybridized carbons (Fsp3) is 0.357. The lowest BCUT2D eigenvalue weighted by Crippen LogP contribution is -2.20. The molecule has 3 heteroatoms. The van der Waals surface area contributed by atoms with E-state index in [2.05, 4.69) is 84.6 Å². The van der Waals surface area contributed by atoms with Gasteiger partial charge in [-0.25, -0.2) is 0 Å². The van der Waals surface area contributed by atoms with Gasteiger partial charge >= 0.3 is 0 Å². The average Bonchev–Trinajstić information content (AvgIpc) is 3.36. The molecular weight excluding hydrogens is 382 g/mol. The van der Waals surface area contributed by atoms with Gasteiger partial charge in [-0.15, -0.1) is 0 Å². The maximum atomic E-state index is 6.50. The molecule has 2 aliphatic rings. The minimum atomic E-state index is 0.178. The number of ether oxygens (including phenoxy) is 2. The second-order valence-corrected chi connectivity index (χ2v) is 9.09. The molecule has 0 spiro atoms. The topological polar surface area (TPSA) is 21.7 Å². The maximum absolute atomic E-state index is 6.50. The Bertz CT molecular complexity index is 1010. The van der Waals surface area contributed by atoms with Crippen LogP contribution in [-0.4, -0.2) is 31.2 Å². The zero-order valence-electron chi connectivity index (χ0n) is 18.5. The molecule has 3 aromatic rings. The van der Waals surface area contributed by atoms with Gasteiger partial charge < -0.3 is 9.47 Å². The third-order valence-electron chi connectivity index (χ3n) is 6.86. The number of hydrogen-bond donors (Lipinski definition) is 0. The van der Waals surface area contributed by atoms with Crippen LogP contribution >= 0.6 is 0 Å². The number of likely N-dealkylation sites (tertiary alicyclic amines) is 1. The Morgan fingerprint density at radius 3 is 2.26 bits per heavy atom. The minimum absolute atomic E-state index is 0.178. The van der Waals surface area contributed by atoms with Crippen molar-refractivity contribution in [1.82, 2.24) is 4.90 Å². The fourth-order valence-corrected chi connectivity index (χ4v) is 5.27. The van der Waals surface area contributed by atoms with Crippen molar-refractivity contribution in [2.75, 3.05) is 20.2 Å². The minimum Gasteiger partial charge on any atom is -0.493 e. The van der Waals surface area contributed by atoms with Crippen LogP contribution in [0.5, 0.6) is 11.5 Å². The van der Waals surface area contributed by atoms with Crippen LogP contribution < -0.4 is 9.47 Å². The summed E-state index contributed by atoms with van der Waals surface area (Å²) >= 11 is 0. The molecule has 0 bridgehead atoms. The van der Waals surface area contributed by atoms with Crippen molar-refractivity contribution in [3.8, 4) is 11.5 Å². The highest BCUT2D eigenvalue weighted by Gasteiger charge is 2.31. The molecule has 1 aliphatic carbocycles. The van der Waals surface area contributed by atoms with Gasteiger partial charge in [0.15, 0.2) is 11.5 Å². The summed E-state index contributed by atoms with van der Waals surface area (Å²) in [7, 11) is 1.73. The third kappa shape index (κ3) is 4.33. The van der Waals surface area contributed by atoms with Crippen LogP contribution in [0.2, 0.25) is 0 Å². The van der Waals surface area contributed by atoms with Crippen molar-refractivity contribution >= 4 is 0 Å². The summed E-state index contributed by atoms with van der Waals surface area (Å²) in [5.41, 5.74) is 5.55. The summed E-state index contributed by atoms with van der Waals surface area (Å²) < 4.78 is 12.1. The molecule has 0 N–H and O–H groups in total. The first kappa shape index (κ1) is 20.1. The van der Waals surface area contributed by atoms with Crippen molar-refractivity contribution in [3.63, 3.8) is 0 Å². The monoisotopic (exact) mass is 413 g/mol. The second-order valence-electron chi connectivity index (χ2n) is 9.09. The highest BCUT2D eigenvalue weighted by molar-refractivity contribution is 5.45. The molecular formula is C28H31NO2. The predicted octanol–water partition coefficient (Wildman–Crippen LogP) is 5.48. The molecule has 0 unspecified atom stereocenters. The standard InChI is InChI=1S/C28H31NO2/c1-20-17-29(18-21-8-4-3-5-9-21)19-26(20)24-12-13-27(30-2)28(16-24)31-25-14-22-10-6-7-11-23(22)15-25/h3-13,16,20,25-26H,14-15,17-19H2,1-2H3/t20-,26+/m1/s1. The lowest BCUT2D eigenvalue weighted by atomic mass is 9.90. The Kier molecular flexibility index (Phi) is 5.69. The molecule has 1 saturated heterocycles. The number of hydrogen-bond acceptors (Lipinski definition) is 3. The zero-order chi connectivity index (χ0) is 21.2. The Balaban J connectivity index is 1.31. The highest BCUT2D eigenvalue weighted by atomic mass is 16.5. The van der Waals surface area contributed by atoms with Gasteiger partial charge in [0.1, 0.15) is 6.10 Å². The van der Waals surface area contributed by atoms with Crippen molar-refractivity contribution in [2.45, 2.75) is 38.3 Å². The average molecular weight is 414 g/mol. The second kappa shape index (κ2) is 8.76. The Morgan fingerprint density at radius 1 is 0.839 bits per heavy atom. The van der Waals surface area contributed by atoms with Crippen LogP contribution in [0.4, 0.5) is 0 Å². The van der Waals surface area contributed by atoms with Crippen LogP contribution in [0, 0.1) is 5.92 Å². The Morgan fingerprint density at radius 2 is 1.55 bits per heavy atom. The molecule has 0 aromatic heterocycles. The number of benzene rings is 3. The molecule has 0 amide bonds. The van der Waals surface area contributed by atoms with E-state index in [0.29, 0.717) is 11.8 Å². The number of nitrogens with zero attached hydrogens (tertiary/aromatic N) is 1. The molecule has 0 saturated carbocycles. The van der Waals surface area contributed by atoms with Crippen LogP contribution in [0.3, 0.4) is 0 Å². The quantitative estimate of drug-likeness (QED) is 0.534. The normalized spacial score (nSPS) is 21.2. The van der Waals surface area contributed by atoms with E-state index in [0.717, 1.165) is 44.0 Å². The summed E-state index contributed by atoms with van der Waals surface area (Å²) in [5, 5.41) is 0. The SMILES string of the molecule is COc1ccc([C@H]2CN(Cc3ccccc3)C[C@H]2C)cc1OC1Cc2ccccc2C1. The van der Waals surface area contributed by atoms with Gasteiger partial charge in [-0.2, -0.15) is 0 Å². The maximum Gasteiger partial charge on any atom is 0.161 e. The molecule has 5 rings (SSSR count). The lowest BCUT2D eigenvalue weighted by Gasteiger charge is -2.20. The van der Waals surface area contributed by atoms with E-state index in [9.17, 15) is 0 Å². The first-order chi connectivity index (χ1) is 15.2. The summed E-state index contributed by atoms with van der Waals surface area (Å²) in [6.45, 7) is 5.59. The number of rotatable bonds is 6. The van der Waals surface area contributed by atoms with Gasteiger partial charge in [0.2, 0.25) is 0 Å². The molecule has 2 atom stereocenters. The smallest absolute Gasteiger partial charge is 0.161 e. The van der Waals surface area contributed by atoms with E-state index in [-0.39, 0.29) is 6.10 Å². The van der Waals surface area contributed by atoms with Gasteiger partial charge in [0.05, 0.1) is 7.11 Å². The van der Waals surface area contributed by atoms with Gasteiger partial charge in [0.25, 0.3) is 0 Å². The lowest BCUT2D eigenvalue weighted by molar-refractivity contribution is 0.204. The van der Waals surface area contributed by atoms with E-state index in [1.54, 1.807) is 7.11 Å². The Hall–Kier alpha value is -2.78. The third-order valence-corrected chi connectivity index (χ3v) is 6.86. The van der Waals surface area contributed by atoms with E-state index < -0.39 is 0 Å². The van der Waals surface area contributed by atoms with Gasteiger partial charge in [-0.3, -0.25) is 4.90 Å². The van der Waals surface area contributed by atoms with Crippen molar-refractivity contribution in [3.05, 3.63) is 95.1 Å². The van der Waals surface area contributed by atoms with Gasteiger partial charge in [-0.05, 0) is 40.3 Å². The van der Waals surface area contributed by atoms with Crippen LogP contribution in [0.25, 0.3) is 0 Å². The number of methoxy groups -OCH3 is 1. The van der Waals surface area contributed by atoms with Crippen LogP contribution in [-0.2, 0) is 19.4 Å². The fourth-order valence-electron chi connectivity index (χ4n) is 5.27. The molecule has 31 heavy (non-hydrogen) atoms. The summed E-state index contributed by atoms with van der Waals surface area (Å²) in [6.07, 6.45) is 2.11. The van der Waals surface area contributed by atoms with Crippen LogP contribution in [0.15, 0.2) is 72.8 Å². The zero-order valence-corrected chi connectivity index (χ0v) is 18.5. The molecule has 3 nitrogen and oxygen atoms in total. The largest absolute Gasteiger partial charge is 0.493 e. The van der Waals surface area contributed by atoms with E-state index in [1.165, 1.54) is 22.3 Å². The molecule has 3 aromatic carbocycles. The first-order valence-electron chi connectivity index (χ1n) is 11.4. The molecule has 0 radical (unpaired) electrons. The molecule has 160 valence electrons. The van der Waals surface area contributed by atoms with Crippen molar-refractivity contribution in [2.24, 2.45) is 5.92 Å².